The number of piperazine rings is 1. The van der Waals surface area contributed by atoms with Crippen molar-refractivity contribution < 1.29 is 0 Å². The van der Waals surface area contributed by atoms with E-state index in [4.69, 9.17) is 17.3 Å². The minimum Gasteiger partial charge on any atom is -0.368 e. The Bertz CT molecular complexity index is 660. The van der Waals surface area contributed by atoms with E-state index in [-0.39, 0.29) is 5.95 Å². The fourth-order valence-corrected chi connectivity index (χ4v) is 3.01. The van der Waals surface area contributed by atoms with Crippen molar-refractivity contribution in [1.82, 2.24) is 9.97 Å². The molecule has 1 aliphatic heterocycles. The van der Waals surface area contributed by atoms with E-state index in [2.05, 4.69) is 51.8 Å². The summed E-state index contributed by atoms with van der Waals surface area (Å²) in [5.74, 6) is 1.03. The van der Waals surface area contributed by atoms with Crippen molar-refractivity contribution >= 4 is 29.1 Å². The molecule has 2 heterocycles. The standard InChI is InChI=1S/C16H20ClN5/c1-11-3-4-12(2)13(9-11)21-5-7-22(8-6-21)15-10-14(17)19-16(18)20-15/h3-4,9-10H,5-8H2,1-2H3,(H2,18,19,20). The molecule has 0 atom stereocenters. The molecule has 1 saturated heterocycles. The van der Waals surface area contributed by atoms with Crippen molar-refractivity contribution in [2.45, 2.75) is 13.8 Å². The van der Waals surface area contributed by atoms with Gasteiger partial charge in [0.05, 0.1) is 0 Å². The Kier molecular flexibility index (Phi) is 4.07. The van der Waals surface area contributed by atoms with Gasteiger partial charge >= 0.3 is 0 Å². The van der Waals surface area contributed by atoms with Crippen LogP contribution in [0.4, 0.5) is 17.5 Å². The number of aromatic nitrogens is 2. The Morgan fingerprint density at radius 1 is 1.00 bits per heavy atom. The highest BCUT2D eigenvalue weighted by Gasteiger charge is 2.20. The van der Waals surface area contributed by atoms with Gasteiger partial charge in [0.1, 0.15) is 11.0 Å². The second-order valence-corrected chi connectivity index (χ2v) is 6.06. The first-order chi connectivity index (χ1) is 10.5. The lowest BCUT2D eigenvalue weighted by atomic mass is 10.1. The molecular weight excluding hydrogens is 298 g/mol. The normalized spacial score (nSPS) is 15.2. The molecule has 0 amide bonds. The van der Waals surface area contributed by atoms with E-state index in [1.54, 1.807) is 6.07 Å². The van der Waals surface area contributed by atoms with E-state index in [0.717, 1.165) is 32.0 Å². The van der Waals surface area contributed by atoms with Crippen molar-refractivity contribution in [2.24, 2.45) is 0 Å². The lowest BCUT2D eigenvalue weighted by Crippen LogP contribution is -2.47. The highest BCUT2D eigenvalue weighted by Crippen LogP contribution is 2.25. The fourth-order valence-electron chi connectivity index (χ4n) is 2.82. The quantitative estimate of drug-likeness (QED) is 0.863. The van der Waals surface area contributed by atoms with Gasteiger partial charge in [0.2, 0.25) is 5.95 Å². The number of rotatable bonds is 2. The van der Waals surface area contributed by atoms with E-state index in [0.29, 0.717) is 5.15 Å². The minimum absolute atomic E-state index is 0.222. The number of hydrogen-bond donors (Lipinski definition) is 1. The van der Waals surface area contributed by atoms with Gasteiger partial charge in [-0.15, -0.1) is 0 Å². The summed E-state index contributed by atoms with van der Waals surface area (Å²) in [6.45, 7) is 7.97. The highest BCUT2D eigenvalue weighted by atomic mass is 35.5. The van der Waals surface area contributed by atoms with Crippen LogP contribution in [-0.4, -0.2) is 36.1 Å². The van der Waals surface area contributed by atoms with Gasteiger partial charge in [-0.25, -0.2) is 4.98 Å². The molecular formula is C16H20ClN5. The number of nitrogen functional groups attached to an aromatic ring is 1. The summed E-state index contributed by atoms with van der Waals surface area (Å²) in [4.78, 5) is 12.8. The molecule has 1 aromatic carbocycles. The van der Waals surface area contributed by atoms with Crippen LogP contribution in [0.15, 0.2) is 24.3 Å². The fraction of sp³-hybridized carbons (Fsp3) is 0.375. The van der Waals surface area contributed by atoms with Gasteiger partial charge in [-0.2, -0.15) is 4.98 Å². The van der Waals surface area contributed by atoms with Crippen LogP contribution in [0.1, 0.15) is 11.1 Å². The average Bonchev–Trinajstić information content (AvgIpc) is 2.49. The number of halogens is 1. The largest absolute Gasteiger partial charge is 0.368 e. The molecule has 6 heteroatoms. The Hall–Kier alpha value is -2.01. The van der Waals surface area contributed by atoms with Crippen molar-refractivity contribution in [1.29, 1.82) is 0 Å². The maximum atomic E-state index is 5.96. The van der Waals surface area contributed by atoms with Crippen molar-refractivity contribution in [3.63, 3.8) is 0 Å². The second-order valence-electron chi connectivity index (χ2n) is 5.67. The maximum absolute atomic E-state index is 5.96. The maximum Gasteiger partial charge on any atom is 0.223 e. The monoisotopic (exact) mass is 317 g/mol. The minimum atomic E-state index is 0.222. The van der Waals surface area contributed by atoms with E-state index in [1.807, 2.05) is 0 Å². The predicted molar refractivity (Wildman–Crippen MR) is 91.8 cm³/mol. The SMILES string of the molecule is Cc1ccc(C)c(N2CCN(c3cc(Cl)nc(N)n3)CC2)c1. The topological polar surface area (TPSA) is 58.3 Å². The molecule has 0 saturated carbocycles. The summed E-state index contributed by atoms with van der Waals surface area (Å²) in [5.41, 5.74) is 9.60. The molecule has 3 rings (SSSR count). The summed E-state index contributed by atoms with van der Waals surface area (Å²) >= 11 is 5.96. The lowest BCUT2D eigenvalue weighted by molar-refractivity contribution is 0.646. The molecule has 1 aliphatic rings. The smallest absolute Gasteiger partial charge is 0.223 e. The number of nitrogens with two attached hydrogens (primary N) is 1. The molecule has 0 bridgehead atoms. The van der Waals surface area contributed by atoms with E-state index in [1.165, 1.54) is 16.8 Å². The van der Waals surface area contributed by atoms with Crippen molar-refractivity contribution in [3.8, 4) is 0 Å². The zero-order chi connectivity index (χ0) is 15.7. The first-order valence-corrected chi connectivity index (χ1v) is 7.78. The van der Waals surface area contributed by atoms with Gasteiger partial charge in [-0.1, -0.05) is 23.7 Å². The van der Waals surface area contributed by atoms with Crippen LogP contribution in [0.2, 0.25) is 5.15 Å². The number of nitrogens with zero attached hydrogens (tertiary/aromatic N) is 4. The molecule has 0 aliphatic carbocycles. The Morgan fingerprint density at radius 2 is 1.68 bits per heavy atom. The molecule has 2 aromatic rings. The van der Waals surface area contributed by atoms with Crippen LogP contribution >= 0.6 is 11.6 Å². The first kappa shape index (κ1) is 14.9. The zero-order valence-electron chi connectivity index (χ0n) is 12.9. The van der Waals surface area contributed by atoms with Gasteiger partial charge in [-0.05, 0) is 31.0 Å². The molecule has 116 valence electrons. The molecule has 5 nitrogen and oxygen atoms in total. The molecule has 0 unspecified atom stereocenters. The number of anilines is 3. The Labute approximate surface area is 135 Å². The zero-order valence-corrected chi connectivity index (χ0v) is 13.6. The van der Waals surface area contributed by atoms with Crippen molar-refractivity contribution in [2.75, 3.05) is 41.7 Å². The number of aryl methyl sites for hydroxylation is 2. The third kappa shape index (κ3) is 3.09. The molecule has 1 aromatic heterocycles. The van der Waals surface area contributed by atoms with E-state index >= 15 is 0 Å². The Balaban J connectivity index is 1.73. The Morgan fingerprint density at radius 3 is 2.36 bits per heavy atom. The van der Waals surface area contributed by atoms with Crippen LogP contribution in [0.5, 0.6) is 0 Å². The third-order valence-corrected chi connectivity index (χ3v) is 4.20. The van der Waals surface area contributed by atoms with Crippen LogP contribution < -0.4 is 15.5 Å². The molecule has 0 spiro atoms. The van der Waals surface area contributed by atoms with Gasteiger partial charge in [-0.3, -0.25) is 0 Å². The van der Waals surface area contributed by atoms with E-state index < -0.39 is 0 Å². The summed E-state index contributed by atoms with van der Waals surface area (Å²) in [6, 6.07) is 8.36. The summed E-state index contributed by atoms with van der Waals surface area (Å²) < 4.78 is 0. The average molecular weight is 318 g/mol. The van der Waals surface area contributed by atoms with Gasteiger partial charge < -0.3 is 15.5 Å². The third-order valence-electron chi connectivity index (χ3n) is 4.01. The highest BCUT2D eigenvalue weighted by molar-refractivity contribution is 6.29. The molecule has 1 fully saturated rings. The first-order valence-electron chi connectivity index (χ1n) is 7.40. The van der Waals surface area contributed by atoms with Crippen LogP contribution in [0, 0.1) is 13.8 Å². The predicted octanol–water partition coefficient (Wildman–Crippen LogP) is 2.66. The second kappa shape index (κ2) is 6.01. The van der Waals surface area contributed by atoms with Crippen LogP contribution in [0.25, 0.3) is 0 Å². The summed E-state index contributed by atoms with van der Waals surface area (Å²) in [5, 5.41) is 0.388. The van der Waals surface area contributed by atoms with Gasteiger partial charge in [0.25, 0.3) is 0 Å². The number of benzene rings is 1. The molecule has 2 N–H and O–H groups in total. The lowest BCUT2D eigenvalue weighted by Gasteiger charge is -2.37. The van der Waals surface area contributed by atoms with Crippen LogP contribution in [0.3, 0.4) is 0 Å². The van der Waals surface area contributed by atoms with Crippen LogP contribution in [-0.2, 0) is 0 Å². The van der Waals surface area contributed by atoms with Gasteiger partial charge in [0, 0.05) is 37.9 Å². The van der Waals surface area contributed by atoms with E-state index in [9.17, 15) is 0 Å². The molecule has 0 radical (unpaired) electrons. The summed E-state index contributed by atoms with van der Waals surface area (Å²) in [6.07, 6.45) is 0. The molecule has 22 heavy (non-hydrogen) atoms. The van der Waals surface area contributed by atoms with Gasteiger partial charge in [0.15, 0.2) is 0 Å². The summed E-state index contributed by atoms with van der Waals surface area (Å²) in [7, 11) is 0. The van der Waals surface area contributed by atoms with Crippen molar-refractivity contribution in [3.05, 3.63) is 40.5 Å². The number of hydrogen-bond acceptors (Lipinski definition) is 5.